The summed E-state index contributed by atoms with van der Waals surface area (Å²) in [5.74, 6) is 1.14. The minimum atomic E-state index is -1.56. The Kier molecular flexibility index (Phi) is 8.26. The number of amides is 1. The second-order valence-electron chi connectivity index (χ2n) is 7.23. The van der Waals surface area contributed by atoms with Gasteiger partial charge in [-0.1, -0.05) is 12.1 Å². The Morgan fingerprint density at radius 3 is 2.65 bits per heavy atom. The lowest BCUT2D eigenvalue weighted by Gasteiger charge is -2.33. The first-order chi connectivity index (χ1) is 15.0. The summed E-state index contributed by atoms with van der Waals surface area (Å²) >= 11 is 1.70. The Morgan fingerprint density at radius 2 is 2.10 bits per heavy atom. The van der Waals surface area contributed by atoms with E-state index in [2.05, 4.69) is 20.7 Å². The number of likely N-dealkylation sites (N-methyl/N-ethyl adjacent to an activating group) is 1. The van der Waals surface area contributed by atoms with Crippen molar-refractivity contribution in [2.75, 3.05) is 38.6 Å². The van der Waals surface area contributed by atoms with Crippen LogP contribution in [0.1, 0.15) is 30.9 Å². The van der Waals surface area contributed by atoms with Crippen LogP contribution < -0.4 is 10.5 Å². The number of thioether (sulfide) groups is 1. The van der Waals surface area contributed by atoms with Gasteiger partial charge in [0.1, 0.15) is 21.6 Å². The average Bonchev–Trinajstić information content (AvgIpc) is 2.82. The highest BCUT2D eigenvalue weighted by molar-refractivity contribution is 8.08. The largest absolute Gasteiger partial charge is 0.381 e. The normalized spacial score (nSPS) is 19.0. The zero-order valence-corrected chi connectivity index (χ0v) is 19.1. The topological polar surface area (TPSA) is 121 Å². The molecule has 1 unspecified atom stereocenters. The number of hydrogen-bond donors (Lipinski definition) is 2. The van der Waals surface area contributed by atoms with Crippen molar-refractivity contribution < 1.29 is 13.7 Å². The van der Waals surface area contributed by atoms with Gasteiger partial charge < -0.3 is 15.4 Å². The van der Waals surface area contributed by atoms with Crippen LogP contribution >= 0.6 is 11.8 Å². The zero-order chi connectivity index (χ0) is 22.3. The van der Waals surface area contributed by atoms with Crippen molar-refractivity contribution in [1.82, 2.24) is 9.62 Å². The molecule has 0 saturated carbocycles. The highest BCUT2D eigenvalue weighted by Gasteiger charge is 2.44. The fraction of sp³-hybridized carbons (Fsp3) is 0.476. The molecule has 1 aromatic rings. The van der Waals surface area contributed by atoms with Crippen molar-refractivity contribution in [3.63, 3.8) is 0 Å². The highest BCUT2D eigenvalue weighted by Crippen LogP contribution is 2.31. The molecule has 0 spiro atoms. The number of nitrogens with zero attached hydrogens (tertiary/aromatic N) is 3. The molecule has 1 fully saturated rings. The quantitative estimate of drug-likeness (QED) is 0.607. The summed E-state index contributed by atoms with van der Waals surface area (Å²) in [7, 11) is -1.56. The van der Waals surface area contributed by atoms with E-state index in [4.69, 9.17) is 15.7 Å². The second-order valence-corrected chi connectivity index (χ2v) is 9.85. The molecule has 1 aromatic carbocycles. The van der Waals surface area contributed by atoms with E-state index in [0.717, 1.165) is 28.6 Å². The van der Waals surface area contributed by atoms with Gasteiger partial charge in [0.15, 0.2) is 0 Å². The van der Waals surface area contributed by atoms with Gasteiger partial charge in [-0.05, 0) is 37.5 Å². The summed E-state index contributed by atoms with van der Waals surface area (Å²) < 4.78 is 20.0. The molecule has 3 N–H and O–H groups in total. The van der Waals surface area contributed by atoms with Crippen molar-refractivity contribution in [2.24, 2.45) is 10.7 Å². The number of carbonyl (C=O) groups excluding carboxylic acids is 1. The lowest BCUT2D eigenvalue weighted by Crippen LogP contribution is -2.55. The van der Waals surface area contributed by atoms with Crippen molar-refractivity contribution >= 4 is 39.4 Å². The molecule has 2 heterocycles. The van der Waals surface area contributed by atoms with E-state index in [1.54, 1.807) is 23.9 Å². The summed E-state index contributed by atoms with van der Waals surface area (Å²) in [6.07, 6.45) is 2.58. The van der Waals surface area contributed by atoms with E-state index in [-0.39, 0.29) is 0 Å². The number of carbonyl (C=O) groups is 1. The summed E-state index contributed by atoms with van der Waals surface area (Å²) in [6.45, 7) is 4.66. The van der Waals surface area contributed by atoms with E-state index < -0.39 is 21.6 Å². The fourth-order valence-corrected chi connectivity index (χ4v) is 5.74. The number of benzene rings is 1. The Morgan fingerprint density at radius 1 is 1.39 bits per heavy atom. The first kappa shape index (κ1) is 23.5. The van der Waals surface area contributed by atoms with E-state index in [9.17, 15) is 9.00 Å². The van der Waals surface area contributed by atoms with Crippen LogP contribution in [0, 0.1) is 11.3 Å². The number of amidine groups is 1. The van der Waals surface area contributed by atoms with Gasteiger partial charge in [0.25, 0.3) is 0 Å². The van der Waals surface area contributed by atoms with Gasteiger partial charge in [0.05, 0.1) is 17.4 Å². The predicted molar refractivity (Wildman–Crippen MR) is 124 cm³/mol. The molecule has 0 bridgehead atoms. The van der Waals surface area contributed by atoms with E-state index >= 15 is 0 Å². The smallest absolute Gasteiger partial charge is 0.237 e. The van der Waals surface area contributed by atoms with Gasteiger partial charge in [-0.15, -0.1) is 11.8 Å². The fourth-order valence-electron chi connectivity index (χ4n) is 3.50. The third-order valence-corrected chi connectivity index (χ3v) is 8.29. The van der Waals surface area contributed by atoms with Crippen LogP contribution in [0.3, 0.4) is 0 Å². The molecule has 3 rings (SSSR count). The number of rotatable bonds is 8. The monoisotopic (exact) mass is 461 g/mol. The lowest BCUT2D eigenvalue weighted by atomic mass is 9.98. The molecule has 10 heteroatoms. The first-order valence-electron chi connectivity index (χ1n) is 10.2. The minimum absolute atomic E-state index is 0.367. The molecular weight excluding hydrogens is 434 g/mol. The summed E-state index contributed by atoms with van der Waals surface area (Å²) in [5.41, 5.74) is 7.25. The number of ether oxygens (including phenoxy) is 1. The van der Waals surface area contributed by atoms with Gasteiger partial charge in [-0.2, -0.15) is 5.26 Å². The van der Waals surface area contributed by atoms with Crippen LogP contribution in [0.5, 0.6) is 0 Å². The number of aliphatic imine (C=N–C) groups is 1. The maximum absolute atomic E-state index is 12.8. The maximum atomic E-state index is 12.8. The highest BCUT2D eigenvalue weighted by atomic mass is 32.2. The van der Waals surface area contributed by atoms with Crippen LogP contribution in [-0.4, -0.2) is 64.2 Å². The molecule has 2 aliphatic heterocycles. The Balaban J connectivity index is 1.58. The van der Waals surface area contributed by atoms with Gasteiger partial charge in [-0.25, -0.2) is 13.9 Å². The standard InChI is InChI=1S/C21H27N5O3S2/c1-2-26(10-9-25-31(28)21(20(23)27)7-11-29-12-8-21)19-15-30-18(14-24-19)17-5-3-16(13-22)4-6-17/h3-6,14,25H,2,7-12,15H2,1H3,(H2,23,27). The molecule has 1 atom stereocenters. The van der Waals surface area contributed by atoms with E-state index in [1.165, 1.54) is 0 Å². The molecular formula is C21H27N5O3S2. The van der Waals surface area contributed by atoms with Gasteiger partial charge >= 0.3 is 0 Å². The average molecular weight is 462 g/mol. The van der Waals surface area contributed by atoms with Crippen LogP contribution in [0.25, 0.3) is 4.91 Å². The predicted octanol–water partition coefficient (Wildman–Crippen LogP) is 1.61. The Labute approximate surface area is 189 Å². The van der Waals surface area contributed by atoms with Crippen LogP contribution in [0.2, 0.25) is 0 Å². The lowest BCUT2D eigenvalue weighted by molar-refractivity contribution is -0.122. The summed E-state index contributed by atoms with van der Waals surface area (Å²) in [4.78, 5) is 19.8. The van der Waals surface area contributed by atoms with Crippen molar-refractivity contribution in [2.45, 2.75) is 24.5 Å². The van der Waals surface area contributed by atoms with Gasteiger partial charge in [0.2, 0.25) is 5.91 Å². The van der Waals surface area contributed by atoms with Crippen molar-refractivity contribution in [3.8, 4) is 6.07 Å². The van der Waals surface area contributed by atoms with Gasteiger partial charge in [-0.3, -0.25) is 4.79 Å². The second kappa shape index (κ2) is 10.9. The van der Waals surface area contributed by atoms with Crippen LogP contribution in [0.15, 0.2) is 35.5 Å². The maximum Gasteiger partial charge on any atom is 0.237 e. The third kappa shape index (κ3) is 5.54. The molecule has 8 nitrogen and oxygen atoms in total. The van der Waals surface area contributed by atoms with Gasteiger partial charge in [0, 0.05) is 44.0 Å². The summed E-state index contributed by atoms with van der Waals surface area (Å²) in [6, 6.07) is 9.59. The first-order valence-corrected chi connectivity index (χ1v) is 12.3. The number of nitrogens with one attached hydrogen (secondary N) is 1. The molecule has 31 heavy (non-hydrogen) atoms. The molecule has 0 aliphatic carbocycles. The summed E-state index contributed by atoms with van der Waals surface area (Å²) in [5, 5.41) is 8.93. The third-order valence-electron chi connectivity index (χ3n) is 5.45. The van der Waals surface area contributed by atoms with E-state index in [0.29, 0.717) is 44.7 Å². The van der Waals surface area contributed by atoms with Crippen LogP contribution in [0.4, 0.5) is 0 Å². The zero-order valence-electron chi connectivity index (χ0n) is 17.5. The number of hydrogen-bond acceptors (Lipinski definition) is 7. The number of primary amides is 1. The van der Waals surface area contributed by atoms with Crippen molar-refractivity contribution in [3.05, 3.63) is 41.6 Å². The molecule has 1 saturated heterocycles. The molecule has 1 amide bonds. The number of nitriles is 1. The molecule has 166 valence electrons. The molecule has 0 radical (unpaired) electrons. The Bertz CT molecular complexity index is 918. The molecule has 0 aromatic heterocycles. The van der Waals surface area contributed by atoms with E-state index in [1.807, 2.05) is 25.3 Å². The van der Waals surface area contributed by atoms with Crippen LogP contribution in [-0.2, 0) is 20.5 Å². The SMILES string of the molecule is CCN(CCNS(=O)C1(C(N)=O)CCOCC1)C1=NC=C(c2ccc(C#N)cc2)SC1. The number of nitrogens with two attached hydrogens (primary N) is 1. The molecule has 2 aliphatic rings. The van der Waals surface area contributed by atoms with Crippen molar-refractivity contribution in [1.29, 1.82) is 5.26 Å². The minimum Gasteiger partial charge on any atom is -0.381 e. The Hall–Kier alpha value is -2.19.